The van der Waals surface area contributed by atoms with Crippen molar-refractivity contribution in [1.82, 2.24) is 25.4 Å². The molecule has 7 heteroatoms. The number of benzene rings is 1. The molecule has 1 amide bonds. The van der Waals surface area contributed by atoms with Crippen molar-refractivity contribution in [2.75, 3.05) is 13.7 Å². The largest absolute Gasteiger partial charge is 0.497 e. The minimum absolute atomic E-state index is 0.0399. The van der Waals surface area contributed by atoms with E-state index in [0.29, 0.717) is 11.6 Å². The fourth-order valence-electron chi connectivity index (χ4n) is 4.02. The lowest BCUT2D eigenvalue weighted by Crippen LogP contribution is -2.26. The number of fused-ring (bicyclic) bond motifs is 1. The van der Waals surface area contributed by atoms with Crippen LogP contribution in [0.25, 0.3) is 22.3 Å². The average molecular weight is 391 g/mol. The van der Waals surface area contributed by atoms with Crippen LogP contribution in [-0.2, 0) is 7.05 Å². The first-order chi connectivity index (χ1) is 14.1. The maximum atomic E-state index is 13.2. The number of amides is 1. The fraction of sp³-hybridized carbons (Fsp3) is 0.409. The molecule has 2 aliphatic rings. The van der Waals surface area contributed by atoms with E-state index in [-0.39, 0.29) is 11.9 Å². The third kappa shape index (κ3) is 3.35. The van der Waals surface area contributed by atoms with Gasteiger partial charge in [0.1, 0.15) is 5.75 Å². The second kappa shape index (κ2) is 7.15. The van der Waals surface area contributed by atoms with E-state index < -0.39 is 0 Å². The number of ether oxygens (including phenoxy) is 1. The highest BCUT2D eigenvalue weighted by Crippen LogP contribution is 2.33. The lowest BCUT2D eigenvalue weighted by Gasteiger charge is -2.12. The Labute approximate surface area is 169 Å². The molecule has 2 N–H and O–H groups in total. The number of nitrogens with zero attached hydrogens (tertiary/aromatic N) is 3. The molecule has 1 unspecified atom stereocenters. The first-order valence-corrected chi connectivity index (χ1v) is 10.2. The monoisotopic (exact) mass is 391 g/mol. The van der Waals surface area contributed by atoms with Gasteiger partial charge in [-0.3, -0.25) is 9.48 Å². The number of aryl methyl sites for hydroxylation is 1. The maximum absolute atomic E-state index is 13.2. The summed E-state index contributed by atoms with van der Waals surface area (Å²) in [4.78, 5) is 18.0. The fourth-order valence-corrected chi connectivity index (χ4v) is 4.02. The average Bonchev–Trinajstić information content (AvgIpc) is 3.26. The first kappa shape index (κ1) is 18.1. The molecule has 7 nitrogen and oxygen atoms in total. The molecule has 0 bridgehead atoms. The van der Waals surface area contributed by atoms with Gasteiger partial charge >= 0.3 is 0 Å². The SMILES string of the molecule is COc1ccc(-c2cc(C(=O)NC3CC3)c3c(C4CCCN4)nn(C)c3n2)cc1. The second-order valence-electron chi connectivity index (χ2n) is 7.89. The molecule has 0 spiro atoms. The molecule has 3 heterocycles. The van der Waals surface area contributed by atoms with Crippen LogP contribution in [0.4, 0.5) is 0 Å². The lowest BCUT2D eigenvalue weighted by atomic mass is 10.0. The van der Waals surface area contributed by atoms with Crippen molar-refractivity contribution in [3.8, 4) is 17.0 Å². The van der Waals surface area contributed by atoms with Crippen molar-refractivity contribution >= 4 is 16.9 Å². The van der Waals surface area contributed by atoms with Crippen molar-refractivity contribution < 1.29 is 9.53 Å². The molecule has 1 saturated carbocycles. The summed E-state index contributed by atoms with van der Waals surface area (Å²) in [5, 5.41) is 12.3. The number of hydrogen-bond donors (Lipinski definition) is 2. The van der Waals surface area contributed by atoms with E-state index in [4.69, 9.17) is 14.8 Å². The van der Waals surface area contributed by atoms with E-state index in [2.05, 4.69) is 10.6 Å². The van der Waals surface area contributed by atoms with Crippen LogP contribution >= 0.6 is 0 Å². The Morgan fingerprint density at radius 1 is 1.24 bits per heavy atom. The van der Waals surface area contributed by atoms with Gasteiger partial charge in [-0.05, 0) is 62.6 Å². The summed E-state index contributed by atoms with van der Waals surface area (Å²) < 4.78 is 7.06. The van der Waals surface area contributed by atoms with Crippen molar-refractivity contribution in [2.45, 2.75) is 37.8 Å². The van der Waals surface area contributed by atoms with E-state index >= 15 is 0 Å². The zero-order chi connectivity index (χ0) is 20.0. The van der Waals surface area contributed by atoms with Crippen LogP contribution in [0.1, 0.15) is 47.8 Å². The third-order valence-electron chi connectivity index (χ3n) is 5.75. The molecule has 1 atom stereocenters. The zero-order valence-electron chi connectivity index (χ0n) is 16.7. The molecule has 1 aromatic carbocycles. The molecule has 1 aliphatic carbocycles. The van der Waals surface area contributed by atoms with E-state index in [1.54, 1.807) is 11.8 Å². The zero-order valence-corrected chi connectivity index (χ0v) is 16.7. The number of nitrogens with one attached hydrogen (secondary N) is 2. The van der Waals surface area contributed by atoms with E-state index in [9.17, 15) is 4.79 Å². The summed E-state index contributed by atoms with van der Waals surface area (Å²) in [6.45, 7) is 0.976. The first-order valence-electron chi connectivity index (χ1n) is 10.2. The van der Waals surface area contributed by atoms with Crippen molar-refractivity contribution in [3.05, 3.63) is 41.6 Å². The number of methoxy groups -OCH3 is 1. The predicted octanol–water partition coefficient (Wildman–Crippen LogP) is 2.96. The van der Waals surface area contributed by atoms with Gasteiger partial charge in [0, 0.05) is 18.7 Å². The number of aromatic nitrogens is 3. The highest BCUT2D eigenvalue weighted by molar-refractivity contribution is 6.08. The lowest BCUT2D eigenvalue weighted by molar-refractivity contribution is 0.0952. The smallest absolute Gasteiger partial charge is 0.252 e. The van der Waals surface area contributed by atoms with Gasteiger partial charge in [-0.1, -0.05) is 0 Å². The van der Waals surface area contributed by atoms with Gasteiger partial charge in [0.2, 0.25) is 0 Å². The molecule has 2 aromatic heterocycles. The van der Waals surface area contributed by atoms with Crippen molar-refractivity contribution in [1.29, 1.82) is 0 Å². The van der Waals surface area contributed by atoms with Gasteiger partial charge < -0.3 is 15.4 Å². The van der Waals surface area contributed by atoms with Gasteiger partial charge in [-0.2, -0.15) is 5.10 Å². The summed E-state index contributed by atoms with van der Waals surface area (Å²) in [6.07, 6.45) is 4.24. The Bertz CT molecular complexity index is 1060. The van der Waals surface area contributed by atoms with Gasteiger partial charge in [0.15, 0.2) is 5.65 Å². The molecule has 1 aliphatic heterocycles. The highest BCUT2D eigenvalue weighted by atomic mass is 16.5. The van der Waals surface area contributed by atoms with Crippen molar-refractivity contribution in [3.63, 3.8) is 0 Å². The Balaban J connectivity index is 1.67. The minimum Gasteiger partial charge on any atom is -0.497 e. The number of rotatable bonds is 5. The molecule has 150 valence electrons. The number of carbonyl (C=O) groups excluding carboxylic acids is 1. The molecule has 29 heavy (non-hydrogen) atoms. The molecule has 0 radical (unpaired) electrons. The third-order valence-corrected chi connectivity index (χ3v) is 5.75. The minimum atomic E-state index is -0.0399. The van der Waals surface area contributed by atoms with Crippen LogP contribution < -0.4 is 15.4 Å². The van der Waals surface area contributed by atoms with E-state index in [1.165, 1.54) is 0 Å². The molecule has 5 rings (SSSR count). The van der Waals surface area contributed by atoms with Crippen LogP contribution in [-0.4, -0.2) is 40.4 Å². The quantitative estimate of drug-likeness (QED) is 0.699. The summed E-state index contributed by atoms with van der Waals surface area (Å²) in [5.41, 5.74) is 4.02. The van der Waals surface area contributed by atoms with Crippen molar-refractivity contribution in [2.24, 2.45) is 7.05 Å². The summed E-state index contributed by atoms with van der Waals surface area (Å²) in [6, 6.07) is 10.1. The topological polar surface area (TPSA) is 81.1 Å². The summed E-state index contributed by atoms with van der Waals surface area (Å²) in [7, 11) is 3.54. The number of pyridine rings is 1. The normalized spacial score (nSPS) is 18.9. The summed E-state index contributed by atoms with van der Waals surface area (Å²) in [5.74, 6) is 0.749. The van der Waals surface area contributed by atoms with Crippen LogP contribution in [0, 0.1) is 0 Å². The van der Waals surface area contributed by atoms with Crippen LogP contribution in [0.2, 0.25) is 0 Å². The van der Waals surface area contributed by atoms with Gasteiger partial charge in [0.05, 0.1) is 35.5 Å². The van der Waals surface area contributed by atoms with Gasteiger partial charge in [-0.25, -0.2) is 4.98 Å². The predicted molar refractivity (Wildman–Crippen MR) is 111 cm³/mol. The maximum Gasteiger partial charge on any atom is 0.252 e. The van der Waals surface area contributed by atoms with E-state index in [1.807, 2.05) is 37.4 Å². The molecular formula is C22H25N5O2. The number of carbonyl (C=O) groups is 1. The van der Waals surface area contributed by atoms with Crippen LogP contribution in [0.3, 0.4) is 0 Å². The standard InChI is InChI=1S/C22H25N5O2/c1-27-21-19(20(26-27)17-4-3-11-23-17)16(22(28)24-14-7-8-14)12-18(25-21)13-5-9-15(29-2)10-6-13/h5-6,9-10,12,14,17,23H,3-4,7-8,11H2,1-2H3,(H,24,28). The molecular weight excluding hydrogens is 366 g/mol. The van der Waals surface area contributed by atoms with Gasteiger partial charge in [0.25, 0.3) is 5.91 Å². The Hall–Kier alpha value is -2.93. The Kier molecular flexibility index (Phi) is 4.47. The second-order valence-corrected chi connectivity index (χ2v) is 7.89. The van der Waals surface area contributed by atoms with Crippen LogP contribution in [0.15, 0.2) is 30.3 Å². The number of hydrogen-bond acceptors (Lipinski definition) is 5. The molecule has 1 saturated heterocycles. The van der Waals surface area contributed by atoms with Gasteiger partial charge in [-0.15, -0.1) is 0 Å². The Morgan fingerprint density at radius 3 is 2.69 bits per heavy atom. The highest BCUT2D eigenvalue weighted by Gasteiger charge is 2.29. The summed E-state index contributed by atoms with van der Waals surface area (Å²) >= 11 is 0. The van der Waals surface area contributed by atoms with E-state index in [0.717, 1.165) is 66.0 Å². The molecule has 3 aromatic rings. The van der Waals surface area contributed by atoms with Crippen LogP contribution in [0.5, 0.6) is 5.75 Å². The molecule has 2 fully saturated rings. The Morgan fingerprint density at radius 2 is 2.03 bits per heavy atom.